The highest BCUT2D eigenvalue weighted by atomic mass is 16.5. The van der Waals surface area contributed by atoms with Crippen molar-refractivity contribution in [3.05, 3.63) is 0 Å². The molecule has 0 aromatic rings. The summed E-state index contributed by atoms with van der Waals surface area (Å²) in [4.78, 5) is 0. The van der Waals surface area contributed by atoms with Crippen molar-refractivity contribution in [3.8, 4) is 0 Å². The second kappa shape index (κ2) is 10.4. The molecule has 2 rings (SSSR count). The molecule has 3 nitrogen and oxygen atoms in total. The summed E-state index contributed by atoms with van der Waals surface area (Å²) < 4.78 is 12.8. The Bertz CT molecular complexity index is 395. The second-order valence-electron chi connectivity index (χ2n) is 10.0. The normalized spacial score (nSPS) is 37.3. The molecule has 154 valence electrons. The Labute approximate surface area is 162 Å². The summed E-state index contributed by atoms with van der Waals surface area (Å²) in [5, 5.41) is 9.90. The first-order valence-electron chi connectivity index (χ1n) is 11.2. The minimum Gasteiger partial charge on any atom is -0.394 e. The molecule has 26 heavy (non-hydrogen) atoms. The van der Waals surface area contributed by atoms with Gasteiger partial charge in [0.15, 0.2) is 0 Å². The summed E-state index contributed by atoms with van der Waals surface area (Å²) in [5.41, 5.74) is 0. The standard InChI is InChI=1S/C23H44O3/c1-15(2)20-9-7-17(5)11-22(20)25-14-19(13-24)26-23-12-18(6)8-10-21(23)16(3)4/h15-24H,7-14H2,1-6H3/t17?,18-,19?,20?,21+,22?,23-/m1/s1. The van der Waals surface area contributed by atoms with E-state index in [2.05, 4.69) is 41.5 Å². The maximum atomic E-state index is 9.90. The summed E-state index contributed by atoms with van der Waals surface area (Å²) in [6, 6.07) is 0. The van der Waals surface area contributed by atoms with Gasteiger partial charge in [0.05, 0.1) is 25.4 Å². The molecule has 7 atom stereocenters. The number of ether oxygens (including phenoxy) is 2. The average molecular weight is 369 g/mol. The second-order valence-corrected chi connectivity index (χ2v) is 10.0. The van der Waals surface area contributed by atoms with Crippen molar-refractivity contribution in [1.29, 1.82) is 0 Å². The molecule has 2 aliphatic carbocycles. The Hall–Kier alpha value is -0.120. The molecule has 4 unspecified atom stereocenters. The first-order chi connectivity index (χ1) is 12.3. The molecule has 0 amide bonds. The molecule has 0 bridgehead atoms. The van der Waals surface area contributed by atoms with Crippen LogP contribution in [0.2, 0.25) is 0 Å². The lowest BCUT2D eigenvalue weighted by molar-refractivity contribution is -0.140. The molecule has 2 saturated carbocycles. The molecule has 0 heterocycles. The number of aliphatic hydroxyl groups excluding tert-OH is 1. The van der Waals surface area contributed by atoms with E-state index in [4.69, 9.17) is 9.47 Å². The highest BCUT2D eigenvalue weighted by Crippen LogP contribution is 2.37. The van der Waals surface area contributed by atoms with Crippen molar-refractivity contribution in [1.82, 2.24) is 0 Å². The molecular weight excluding hydrogens is 324 g/mol. The van der Waals surface area contributed by atoms with Gasteiger partial charge in [0.25, 0.3) is 0 Å². The Morgan fingerprint density at radius 2 is 1.31 bits per heavy atom. The minimum absolute atomic E-state index is 0.0598. The lowest BCUT2D eigenvalue weighted by atomic mass is 9.75. The number of hydrogen-bond donors (Lipinski definition) is 1. The third-order valence-electron chi connectivity index (χ3n) is 6.99. The van der Waals surface area contributed by atoms with Gasteiger partial charge in [-0.15, -0.1) is 0 Å². The zero-order valence-corrected chi connectivity index (χ0v) is 18.1. The molecular formula is C23H44O3. The first kappa shape index (κ1) is 22.2. The quantitative estimate of drug-likeness (QED) is 0.631. The van der Waals surface area contributed by atoms with Gasteiger partial charge in [-0.25, -0.2) is 0 Å². The highest BCUT2D eigenvalue weighted by Gasteiger charge is 2.35. The van der Waals surface area contributed by atoms with E-state index in [0.717, 1.165) is 24.7 Å². The van der Waals surface area contributed by atoms with Crippen LogP contribution in [0.1, 0.15) is 80.1 Å². The van der Waals surface area contributed by atoms with E-state index in [-0.39, 0.29) is 18.8 Å². The summed E-state index contributed by atoms with van der Waals surface area (Å²) >= 11 is 0. The van der Waals surface area contributed by atoms with Gasteiger partial charge in [-0.1, -0.05) is 54.4 Å². The monoisotopic (exact) mass is 368 g/mol. The van der Waals surface area contributed by atoms with Crippen LogP contribution < -0.4 is 0 Å². The maximum absolute atomic E-state index is 9.90. The van der Waals surface area contributed by atoms with E-state index in [1.807, 2.05) is 0 Å². The minimum atomic E-state index is -0.184. The van der Waals surface area contributed by atoms with E-state index in [0.29, 0.717) is 36.4 Å². The van der Waals surface area contributed by atoms with E-state index >= 15 is 0 Å². The Morgan fingerprint density at radius 3 is 1.81 bits per heavy atom. The van der Waals surface area contributed by atoms with E-state index < -0.39 is 0 Å². The molecule has 3 heteroatoms. The van der Waals surface area contributed by atoms with Crippen molar-refractivity contribution in [2.45, 2.75) is 98.4 Å². The van der Waals surface area contributed by atoms with Crippen LogP contribution in [0.25, 0.3) is 0 Å². The van der Waals surface area contributed by atoms with Crippen molar-refractivity contribution < 1.29 is 14.6 Å². The highest BCUT2D eigenvalue weighted by molar-refractivity contribution is 4.84. The third kappa shape index (κ3) is 6.21. The molecule has 0 spiro atoms. The van der Waals surface area contributed by atoms with Gasteiger partial charge in [-0.2, -0.15) is 0 Å². The van der Waals surface area contributed by atoms with Crippen molar-refractivity contribution in [3.63, 3.8) is 0 Å². The zero-order valence-electron chi connectivity index (χ0n) is 18.1. The van der Waals surface area contributed by atoms with E-state index in [1.54, 1.807) is 0 Å². The van der Waals surface area contributed by atoms with Gasteiger partial charge in [0.1, 0.15) is 6.10 Å². The van der Waals surface area contributed by atoms with E-state index in [1.165, 1.54) is 25.7 Å². The van der Waals surface area contributed by atoms with Gasteiger partial charge in [-0.05, 0) is 61.2 Å². The summed E-state index contributed by atoms with van der Waals surface area (Å²) in [5.74, 6) is 4.01. The Morgan fingerprint density at radius 1 is 0.808 bits per heavy atom. The lowest BCUT2D eigenvalue weighted by Gasteiger charge is -2.40. The molecule has 0 saturated heterocycles. The molecule has 2 fully saturated rings. The summed E-state index contributed by atoms with van der Waals surface area (Å²) in [6.45, 7) is 14.5. The van der Waals surface area contributed by atoms with Crippen LogP contribution in [0.5, 0.6) is 0 Å². The zero-order chi connectivity index (χ0) is 19.3. The van der Waals surface area contributed by atoms with Crippen LogP contribution >= 0.6 is 0 Å². The fraction of sp³-hybridized carbons (Fsp3) is 1.00. The Balaban J connectivity index is 1.91. The maximum Gasteiger partial charge on any atom is 0.104 e. The molecule has 0 aliphatic heterocycles. The number of hydrogen-bond acceptors (Lipinski definition) is 3. The van der Waals surface area contributed by atoms with Crippen LogP contribution in [0.3, 0.4) is 0 Å². The average Bonchev–Trinajstić information content (AvgIpc) is 2.58. The van der Waals surface area contributed by atoms with Gasteiger partial charge in [-0.3, -0.25) is 0 Å². The smallest absolute Gasteiger partial charge is 0.104 e. The number of rotatable bonds is 8. The van der Waals surface area contributed by atoms with Crippen LogP contribution in [0.4, 0.5) is 0 Å². The van der Waals surface area contributed by atoms with Crippen LogP contribution in [0.15, 0.2) is 0 Å². The van der Waals surface area contributed by atoms with Crippen LogP contribution in [0, 0.1) is 35.5 Å². The molecule has 2 aliphatic rings. The van der Waals surface area contributed by atoms with Crippen molar-refractivity contribution in [2.24, 2.45) is 35.5 Å². The van der Waals surface area contributed by atoms with Gasteiger partial charge >= 0.3 is 0 Å². The predicted molar refractivity (Wildman–Crippen MR) is 108 cm³/mol. The first-order valence-corrected chi connectivity index (χ1v) is 11.2. The molecule has 0 aromatic heterocycles. The van der Waals surface area contributed by atoms with Gasteiger partial charge < -0.3 is 14.6 Å². The van der Waals surface area contributed by atoms with Crippen molar-refractivity contribution in [2.75, 3.05) is 13.2 Å². The lowest BCUT2D eigenvalue weighted by Crippen LogP contribution is -2.41. The SMILES string of the molecule is CC1CCC(C(C)C)C(OCC(CO)O[C@@H]2C[C@H](C)CC[C@H]2C(C)C)C1. The molecule has 0 aromatic carbocycles. The molecule has 0 radical (unpaired) electrons. The topological polar surface area (TPSA) is 38.7 Å². The van der Waals surface area contributed by atoms with Gasteiger partial charge in [0.2, 0.25) is 0 Å². The van der Waals surface area contributed by atoms with Gasteiger partial charge in [0, 0.05) is 0 Å². The summed E-state index contributed by atoms with van der Waals surface area (Å²) in [7, 11) is 0. The van der Waals surface area contributed by atoms with Crippen LogP contribution in [-0.2, 0) is 9.47 Å². The van der Waals surface area contributed by atoms with Crippen molar-refractivity contribution >= 4 is 0 Å². The Kier molecular flexibility index (Phi) is 8.90. The predicted octanol–water partition coefficient (Wildman–Crippen LogP) is 5.30. The fourth-order valence-corrected chi connectivity index (χ4v) is 5.19. The molecule has 1 N–H and O–H groups in total. The largest absolute Gasteiger partial charge is 0.394 e. The fourth-order valence-electron chi connectivity index (χ4n) is 5.19. The van der Waals surface area contributed by atoms with E-state index in [9.17, 15) is 5.11 Å². The summed E-state index contributed by atoms with van der Waals surface area (Å²) in [6.07, 6.45) is 7.81. The third-order valence-corrected chi connectivity index (χ3v) is 6.99. The number of aliphatic hydroxyl groups is 1. The van der Waals surface area contributed by atoms with Crippen LogP contribution in [-0.4, -0.2) is 36.6 Å².